The molecule has 1 unspecified atom stereocenters. The molecule has 0 N–H and O–H groups in total. The summed E-state index contributed by atoms with van der Waals surface area (Å²) in [6, 6.07) is 14.9. The first-order valence-corrected chi connectivity index (χ1v) is 8.95. The van der Waals surface area contributed by atoms with Crippen LogP contribution in [0.15, 0.2) is 48.5 Å². The molecule has 1 aliphatic rings. The smallest absolute Gasteiger partial charge is 0.123 e. The van der Waals surface area contributed by atoms with Gasteiger partial charge < -0.3 is 4.74 Å². The van der Waals surface area contributed by atoms with Crippen LogP contribution < -0.4 is 4.74 Å². The zero-order valence-corrected chi connectivity index (χ0v) is 14.5. The van der Waals surface area contributed by atoms with Gasteiger partial charge in [-0.1, -0.05) is 30.2 Å². The van der Waals surface area contributed by atoms with Gasteiger partial charge in [-0.15, -0.1) is 0 Å². The molecule has 0 bridgehead atoms. The van der Waals surface area contributed by atoms with Crippen molar-refractivity contribution in [2.75, 3.05) is 19.7 Å². The maximum atomic E-state index is 12.9. The third-order valence-corrected chi connectivity index (χ3v) is 4.85. The lowest BCUT2D eigenvalue weighted by Crippen LogP contribution is -2.43. The third kappa shape index (κ3) is 4.96. The van der Waals surface area contributed by atoms with Gasteiger partial charge in [0, 0.05) is 17.6 Å². The predicted octanol–water partition coefficient (Wildman–Crippen LogP) is 4.96. The monoisotopic (exact) mass is 347 g/mol. The molecule has 2 nitrogen and oxygen atoms in total. The van der Waals surface area contributed by atoms with E-state index < -0.39 is 0 Å². The lowest BCUT2D eigenvalue weighted by Gasteiger charge is -2.35. The molecule has 1 atom stereocenters. The second-order valence-electron chi connectivity index (χ2n) is 6.32. The average molecular weight is 348 g/mol. The van der Waals surface area contributed by atoms with E-state index in [1.807, 2.05) is 12.1 Å². The Bertz CT molecular complexity index is 629. The number of likely N-dealkylation sites (tertiary alicyclic amines) is 1. The summed E-state index contributed by atoms with van der Waals surface area (Å²) in [4.78, 5) is 2.52. The van der Waals surface area contributed by atoms with Crippen molar-refractivity contribution in [3.63, 3.8) is 0 Å². The second kappa shape index (κ2) is 8.50. The number of hydrogen-bond donors (Lipinski definition) is 0. The van der Waals surface area contributed by atoms with Crippen LogP contribution >= 0.6 is 11.6 Å². The number of nitrogens with zero attached hydrogens (tertiary/aromatic N) is 1. The van der Waals surface area contributed by atoms with Crippen LogP contribution in [0, 0.1) is 5.82 Å². The topological polar surface area (TPSA) is 12.5 Å². The van der Waals surface area contributed by atoms with Crippen LogP contribution in [0.4, 0.5) is 4.39 Å². The Morgan fingerprint density at radius 3 is 2.54 bits per heavy atom. The highest BCUT2D eigenvalue weighted by Crippen LogP contribution is 2.21. The summed E-state index contributed by atoms with van der Waals surface area (Å²) in [5.41, 5.74) is 1.33. The molecular weight excluding hydrogens is 325 g/mol. The van der Waals surface area contributed by atoms with Crippen molar-refractivity contribution in [2.24, 2.45) is 0 Å². The Balaban J connectivity index is 1.52. The molecular formula is C20H23ClFNO. The van der Waals surface area contributed by atoms with Crippen LogP contribution in [0.3, 0.4) is 0 Å². The van der Waals surface area contributed by atoms with Crippen LogP contribution in [-0.2, 0) is 6.42 Å². The number of rotatable bonds is 6. The SMILES string of the molecule is Fc1ccc(OCCN2CCCCC2Cc2ccc(Cl)cc2)cc1. The van der Waals surface area contributed by atoms with Gasteiger partial charge in [0.2, 0.25) is 0 Å². The summed E-state index contributed by atoms with van der Waals surface area (Å²) in [5, 5.41) is 0.784. The van der Waals surface area contributed by atoms with Gasteiger partial charge in [-0.05, 0) is 67.8 Å². The van der Waals surface area contributed by atoms with Gasteiger partial charge in [-0.25, -0.2) is 4.39 Å². The summed E-state index contributed by atoms with van der Waals surface area (Å²) in [6.45, 7) is 2.64. The number of benzene rings is 2. The second-order valence-corrected chi connectivity index (χ2v) is 6.75. The van der Waals surface area contributed by atoms with Crippen LogP contribution in [0.5, 0.6) is 5.75 Å². The first kappa shape index (κ1) is 17.2. The van der Waals surface area contributed by atoms with Crippen molar-refractivity contribution in [1.29, 1.82) is 0 Å². The molecule has 0 amide bonds. The molecule has 2 aromatic rings. The fourth-order valence-corrected chi connectivity index (χ4v) is 3.42. The number of hydrogen-bond acceptors (Lipinski definition) is 2. The highest BCUT2D eigenvalue weighted by molar-refractivity contribution is 6.30. The lowest BCUT2D eigenvalue weighted by molar-refractivity contribution is 0.122. The lowest BCUT2D eigenvalue weighted by atomic mass is 9.95. The van der Waals surface area contributed by atoms with Gasteiger partial charge in [0.05, 0.1) is 0 Å². The minimum Gasteiger partial charge on any atom is -0.492 e. The molecule has 1 fully saturated rings. The summed E-state index contributed by atoms with van der Waals surface area (Å²) < 4.78 is 18.7. The Morgan fingerprint density at radius 2 is 1.79 bits per heavy atom. The summed E-state index contributed by atoms with van der Waals surface area (Å²) in [6.07, 6.45) is 4.80. The molecule has 2 aromatic carbocycles. The standard InChI is InChI=1S/C20H23ClFNO/c21-17-6-4-16(5-7-17)15-19-3-1-2-12-23(19)13-14-24-20-10-8-18(22)9-11-20/h4-11,19H,1-3,12-15H2. The molecule has 1 heterocycles. The number of ether oxygens (including phenoxy) is 1. The van der Waals surface area contributed by atoms with E-state index in [-0.39, 0.29) is 5.82 Å². The minimum atomic E-state index is -0.235. The van der Waals surface area contributed by atoms with Gasteiger partial charge in [0.15, 0.2) is 0 Å². The van der Waals surface area contributed by atoms with E-state index in [0.29, 0.717) is 12.6 Å². The van der Waals surface area contributed by atoms with E-state index in [1.54, 1.807) is 12.1 Å². The van der Waals surface area contributed by atoms with Crippen molar-refractivity contribution < 1.29 is 9.13 Å². The Labute approximate surface area is 148 Å². The maximum Gasteiger partial charge on any atom is 0.123 e. The van der Waals surface area contributed by atoms with Crippen molar-refractivity contribution in [2.45, 2.75) is 31.7 Å². The summed E-state index contributed by atoms with van der Waals surface area (Å²) in [7, 11) is 0. The molecule has 0 radical (unpaired) electrons. The van der Waals surface area contributed by atoms with Crippen LogP contribution in [-0.4, -0.2) is 30.6 Å². The normalized spacial score (nSPS) is 18.5. The van der Waals surface area contributed by atoms with E-state index >= 15 is 0 Å². The Hall–Kier alpha value is -1.58. The fourth-order valence-electron chi connectivity index (χ4n) is 3.29. The molecule has 0 aromatic heterocycles. The van der Waals surface area contributed by atoms with E-state index in [2.05, 4.69) is 17.0 Å². The molecule has 0 saturated carbocycles. The van der Waals surface area contributed by atoms with E-state index in [0.717, 1.165) is 30.3 Å². The maximum absolute atomic E-state index is 12.9. The third-order valence-electron chi connectivity index (χ3n) is 4.59. The summed E-state index contributed by atoms with van der Waals surface area (Å²) in [5.74, 6) is 0.490. The van der Waals surface area contributed by atoms with Gasteiger partial charge in [-0.2, -0.15) is 0 Å². The Morgan fingerprint density at radius 1 is 1.04 bits per heavy atom. The van der Waals surface area contributed by atoms with Crippen molar-refractivity contribution in [3.05, 3.63) is 64.9 Å². The van der Waals surface area contributed by atoms with E-state index in [4.69, 9.17) is 16.3 Å². The highest BCUT2D eigenvalue weighted by Gasteiger charge is 2.22. The largest absolute Gasteiger partial charge is 0.492 e. The van der Waals surface area contributed by atoms with Crippen LogP contribution in [0.1, 0.15) is 24.8 Å². The molecule has 1 aliphatic heterocycles. The highest BCUT2D eigenvalue weighted by atomic mass is 35.5. The van der Waals surface area contributed by atoms with Crippen LogP contribution in [0.25, 0.3) is 0 Å². The van der Waals surface area contributed by atoms with Crippen molar-refractivity contribution >= 4 is 11.6 Å². The van der Waals surface area contributed by atoms with E-state index in [1.165, 1.54) is 37.0 Å². The average Bonchev–Trinajstić information content (AvgIpc) is 2.60. The Kier molecular flexibility index (Phi) is 6.11. The molecule has 4 heteroatoms. The van der Waals surface area contributed by atoms with Gasteiger partial charge in [0.1, 0.15) is 18.2 Å². The van der Waals surface area contributed by atoms with Gasteiger partial charge in [0.25, 0.3) is 0 Å². The number of piperidine rings is 1. The molecule has 128 valence electrons. The zero-order valence-electron chi connectivity index (χ0n) is 13.8. The first-order chi connectivity index (χ1) is 11.7. The molecule has 24 heavy (non-hydrogen) atoms. The quantitative estimate of drug-likeness (QED) is 0.732. The predicted molar refractivity (Wildman–Crippen MR) is 96.3 cm³/mol. The van der Waals surface area contributed by atoms with Gasteiger partial charge in [-0.3, -0.25) is 4.90 Å². The van der Waals surface area contributed by atoms with Crippen LogP contribution in [0.2, 0.25) is 5.02 Å². The molecule has 3 rings (SSSR count). The van der Waals surface area contributed by atoms with Crippen molar-refractivity contribution in [3.8, 4) is 5.75 Å². The zero-order chi connectivity index (χ0) is 16.8. The summed E-state index contributed by atoms with van der Waals surface area (Å²) >= 11 is 5.97. The molecule has 0 spiro atoms. The molecule has 1 saturated heterocycles. The minimum absolute atomic E-state index is 0.235. The number of halogens is 2. The van der Waals surface area contributed by atoms with Gasteiger partial charge >= 0.3 is 0 Å². The van der Waals surface area contributed by atoms with Crippen molar-refractivity contribution in [1.82, 2.24) is 4.90 Å². The first-order valence-electron chi connectivity index (χ1n) is 8.57. The fraction of sp³-hybridized carbons (Fsp3) is 0.400. The molecule has 0 aliphatic carbocycles. The van der Waals surface area contributed by atoms with E-state index in [9.17, 15) is 4.39 Å².